The molecule has 0 saturated carbocycles. The molecule has 1 saturated heterocycles. The first-order chi connectivity index (χ1) is 11.6. The molecule has 2 aliphatic heterocycles. The number of nitrogens with zero attached hydrogens (tertiary/aromatic N) is 1. The van der Waals surface area contributed by atoms with Gasteiger partial charge in [-0.1, -0.05) is 0 Å². The molecule has 0 bridgehead atoms. The molecule has 0 aromatic heterocycles. The van der Waals surface area contributed by atoms with Crippen LogP contribution in [0.1, 0.15) is 19.4 Å². The standard InChI is InChI=1S/C18H24N2O4/c1-12-10-20(11-13(2)19-12)17(21)5-4-14-8-15(22-3)18-16(9-14)23-6-7-24-18/h4-5,8-9,12-13,19H,6-7,10-11H2,1-3H3. The first-order valence-electron chi connectivity index (χ1n) is 8.27. The molecule has 0 aliphatic carbocycles. The zero-order valence-corrected chi connectivity index (χ0v) is 14.4. The highest BCUT2D eigenvalue weighted by Crippen LogP contribution is 2.40. The highest BCUT2D eigenvalue weighted by Gasteiger charge is 2.23. The van der Waals surface area contributed by atoms with Gasteiger partial charge in [0.1, 0.15) is 13.2 Å². The molecule has 1 fully saturated rings. The van der Waals surface area contributed by atoms with E-state index in [9.17, 15) is 4.79 Å². The highest BCUT2D eigenvalue weighted by molar-refractivity contribution is 5.92. The summed E-state index contributed by atoms with van der Waals surface area (Å²) >= 11 is 0. The van der Waals surface area contributed by atoms with Crippen LogP contribution in [0.4, 0.5) is 0 Å². The van der Waals surface area contributed by atoms with Gasteiger partial charge in [-0.15, -0.1) is 0 Å². The predicted octanol–water partition coefficient (Wildman–Crippen LogP) is 1.69. The molecule has 0 radical (unpaired) electrons. The summed E-state index contributed by atoms with van der Waals surface area (Å²) in [6.45, 7) is 6.64. The quantitative estimate of drug-likeness (QED) is 0.854. The first-order valence-corrected chi connectivity index (χ1v) is 8.27. The molecule has 0 spiro atoms. The van der Waals surface area contributed by atoms with E-state index >= 15 is 0 Å². The third-order valence-electron chi connectivity index (χ3n) is 4.14. The highest BCUT2D eigenvalue weighted by atomic mass is 16.6. The molecule has 3 rings (SSSR count). The molecule has 2 aliphatic rings. The molecule has 1 aromatic rings. The number of ether oxygens (including phenoxy) is 3. The van der Waals surface area contributed by atoms with Gasteiger partial charge in [0, 0.05) is 31.2 Å². The van der Waals surface area contributed by atoms with Crippen LogP contribution >= 0.6 is 0 Å². The number of carbonyl (C=O) groups is 1. The number of hydrogen-bond donors (Lipinski definition) is 1. The number of amides is 1. The van der Waals surface area contributed by atoms with E-state index in [1.165, 1.54) is 0 Å². The van der Waals surface area contributed by atoms with Gasteiger partial charge < -0.3 is 24.4 Å². The summed E-state index contributed by atoms with van der Waals surface area (Å²) < 4.78 is 16.6. The number of methoxy groups -OCH3 is 1. The minimum absolute atomic E-state index is 0.0176. The zero-order chi connectivity index (χ0) is 17.1. The lowest BCUT2D eigenvalue weighted by molar-refractivity contribution is -0.127. The largest absolute Gasteiger partial charge is 0.493 e. The van der Waals surface area contributed by atoms with Crippen LogP contribution in [-0.4, -0.2) is 56.3 Å². The van der Waals surface area contributed by atoms with Crippen LogP contribution in [0.2, 0.25) is 0 Å². The SMILES string of the molecule is COc1cc(C=CC(=O)N2CC(C)NC(C)C2)cc2c1OCCO2. The van der Waals surface area contributed by atoms with Gasteiger partial charge >= 0.3 is 0 Å². The van der Waals surface area contributed by atoms with E-state index in [-0.39, 0.29) is 5.91 Å². The number of rotatable bonds is 3. The summed E-state index contributed by atoms with van der Waals surface area (Å²) in [5.41, 5.74) is 0.848. The average Bonchev–Trinajstić information content (AvgIpc) is 2.58. The van der Waals surface area contributed by atoms with Crippen molar-refractivity contribution in [2.45, 2.75) is 25.9 Å². The van der Waals surface area contributed by atoms with Crippen LogP contribution in [0.3, 0.4) is 0 Å². The van der Waals surface area contributed by atoms with Crippen molar-refractivity contribution in [1.82, 2.24) is 10.2 Å². The predicted molar refractivity (Wildman–Crippen MR) is 91.7 cm³/mol. The van der Waals surface area contributed by atoms with Crippen LogP contribution < -0.4 is 19.5 Å². The minimum Gasteiger partial charge on any atom is -0.493 e. The fraction of sp³-hybridized carbons (Fsp3) is 0.500. The molecule has 1 aromatic carbocycles. The maximum absolute atomic E-state index is 12.4. The maximum Gasteiger partial charge on any atom is 0.246 e. The molecule has 130 valence electrons. The minimum atomic E-state index is 0.0176. The Labute approximate surface area is 142 Å². The topological polar surface area (TPSA) is 60.0 Å². The van der Waals surface area contributed by atoms with E-state index in [2.05, 4.69) is 19.2 Å². The normalized spacial score (nSPS) is 23.4. The second-order valence-electron chi connectivity index (χ2n) is 6.29. The van der Waals surface area contributed by atoms with Crippen LogP contribution in [-0.2, 0) is 4.79 Å². The van der Waals surface area contributed by atoms with E-state index in [1.54, 1.807) is 19.3 Å². The third kappa shape index (κ3) is 3.64. The first kappa shape index (κ1) is 16.6. The third-order valence-corrected chi connectivity index (χ3v) is 4.14. The Morgan fingerprint density at radius 2 is 1.96 bits per heavy atom. The second kappa shape index (κ2) is 7.13. The number of benzene rings is 1. The Morgan fingerprint density at radius 1 is 1.25 bits per heavy atom. The Kier molecular flexibility index (Phi) is 4.94. The van der Waals surface area contributed by atoms with Crippen molar-refractivity contribution in [3.8, 4) is 17.2 Å². The van der Waals surface area contributed by atoms with Gasteiger partial charge in [0.05, 0.1) is 7.11 Å². The molecule has 1 N–H and O–H groups in total. The molecule has 2 atom stereocenters. The molecule has 1 amide bonds. The van der Waals surface area contributed by atoms with Gasteiger partial charge in [0.25, 0.3) is 0 Å². The van der Waals surface area contributed by atoms with Gasteiger partial charge in [-0.25, -0.2) is 0 Å². The van der Waals surface area contributed by atoms with E-state index < -0.39 is 0 Å². The van der Waals surface area contributed by atoms with Gasteiger partial charge in [-0.3, -0.25) is 4.79 Å². The summed E-state index contributed by atoms with van der Waals surface area (Å²) in [5.74, 6) is 1.90. The van der Waals surface area contributed by atoms with Gasteiger partial charge in [0.2, 0.25) is 11.7 Å². The van der Waals surface area contributed by atoms with Gasteiger partial charge in [0.15, 0.2) is 11.5 Å². The summed E-state index contributed by atoms with van der Waals surface area (Å²) in [6, 6.07) is 4.32. The molecule has 6 nitrogen and oxygen atoms in total. The average molecular weight is 332 g/mol. The molecular formula is C18H24N2O4. The fourth-order valence-corrected chi connectivity index (χ4v) is 3.17. The van der Waals surface area contributed by atoms with Crippen molar-refractivity contribution >= 4 is 12.0 Å². The van der Waals surface area contributed by atoms with Crippen molar-refractivity contribution in [1.29, 1.82) is 0 Å². The Bertz CT molecular complexity index is 617. The van der Waals surface area contributed by atoms with Crippen LogP contribution in [0.25, 0.3) is 6.08 Å². The smallest absolute Gasteiger partial charge is 0.246 e. The lowest BCUT2D eigenvalue weighted by Crippen LogP contribution is -2.55. The molecular weight excluding hydrogens is 308 g/mol. The summed E-state index contributed by atoms with van der Waals surface area (Å²) in [4.78, 5) is 14.3. The lowest BCUT2D eigenvalue weighted by Gasteiger charge is -2.35. The number of piperazine rings is 1. The molecule has 2 heterocycles. The van der Waals surface area contributed by atoms with Crippen molar-refractivity contribution < 1.29 is 19.0 Å². The number of carbonyl (C=O) groups excluding carboxylic acids is 1. The fourth-order valence-electron chi connectivity index (χ4n) is 3.17. The molecule has 6 heteroatoms. The zero-order valence-electron chi connectivity index (χ0n) is 14.4. The Morgan fingerprint density at radius 3 is 2.67 bits per heavy atom. The van der Waals surface area contributed by atoms with Gasteiger partial charge in [-0.2, -0.15) is 0 Å². The van der Waals surface area contributed by atoms with Crippen molar-refractivity contribution in [3.63, 3.8) is 0 Å². The van der Waals surface area contributed by atoms with Crippen LogP contribution in [0.5, 0.6) is 17.2 Å². The van der Waals surface area contributed by atoms with E-state index in [0.717, 1.165) is 18.7 Å². The van der Waals surface area contributed by atoms with E-state index in [0.29, 0.717) is 42.5 Å². The Balaban J connectivity index is 1.75. The lowest BCUT2D eigenvalue weighted by atomic mass is 10.1. The maximum atomic E-state index is 12.4. The second-order valence-corrected chi connectivity index (χ2v) is 6.29. The van der Waals surface area contributed by atoms with Crippen LogP contribution in [0, 0.1) is 0 Å². The number of nitrogens with one attached hydrogen (secondary N) is 1. The summed E-state index contributed by atoms with van der Waals surface area (Å²) in [7, 11) is 1.59. The van der Waals surface area contributed by atoms with Gasteiger partial charge in [-0.05, 0) is 37.6 Å². The van der Waals surface area contributed by atoms with E-state index in [1.807, 2.05) is 17.0 Å². The number of fused-ring (bicyclic) bond motifs is 1. The van der Waals surface area contributed by atoms with Crippen molar-refractivity contribution in [2.75, 3.05) is 33.4 Å². The summed E-state index contributed by atoms with van der Waals surface area (Å²) in [6.07, 6.45) is 3.40. The van der Waals surface area contributed by atoms with Crippen LogP contribution in [0.15, 0.2) is 18.2 Å². The molecule has 24 heavy (non-hydrogen) atoms. The Hall–Kier alpha value is -2.21. The molecule has 2 unspecified atom stereocenters. The monoisotopic (exact) mass is 332 g/mol. The number of hydrogen-bond acceptors (Lipinski definition) is 5. The summed E-state index contributed by atoms with van der Waals surface area (Å²) in [5, 5.41) is 3.42. The van der Waals surface area contributed by atoms with E-state index in [4.69, 9.17) is 14.2 Å². The van der Waals surface area contributed by atoms with Crippen molar-refractivity contribution in [2.24, 2.45) is 0 Å². The van der Waals surface area contributed by atoms with Crippen molar-refractivity contribution in [3.05, 3.63) is 23.8 Å².